The number of nitrogens with two attached hydrogens (primary N) is 1. The van der Waals surface area contributed by atoms with Gasteiger partial charge in [-0.25, -0.2) is 0 Å². The highest BCUT2D eigenvalue weighted by atomic mass is 16.1. The summed E-state index contributed by atoms with van der Waals surface area (Å²) in [5.41, 5.74) is 8.52. The molecule has 0 saturated carbocycles. The van der Waals surface area contributed by atoms with Crippen LogP contribution in [0.15, 0.2) is 48.8 Å². The van der Waals surface area contributed by atoms with E-state index >= 15 is 0 Å². The van der Waals surface area contributed by atoms with Gasteiger partial charge in [0.2, 0.25) is 5.91 Å². The van der Waals surface area contributed by atoms with Crippen LogP contribution in [-0.4, -0.2) is 10.9 Å². The summed E-state index contributed by atoms with van der Waals surface area (Å²) in [7, 11) is 0. The lowest BCUT2D eigenvalue weighted by molar-refractivity contribution is -0.121. The molecule has 0 aliphatic carbocycles. The number of benzene rings is 1. The highest BCUT2D eigenvalue weighted by Crippen LogP contribution is 2.12. The first kappa shape index (κ1) is 14.1. The maximum atomic E-state index is 11.9. The average molecular weight is 269 g/mol. The Morgan fingerprint density at radius 2 is 2.20 bits per heavy atom. The first-order valence-corrected chi connectivity index (χ1v) is 6.69. The third-order valence-electron chi connectivity index (χ3n) is 3.15. The molecule has 0 spiro atoms. The second-order valence-electron chi connectivity index (χ2n) is 4.82. The summed E-state index contributed by atoms with van der Waals surface area (Å²) in [6.07, 6.45) is 4.63. The van der Waals surface area contributed by atoms with Crippen molar-refractivity contribution in [3.8, 4) is 0 Å². The number of anilines is 1. The molecule has 1 amide bonds. The van der Waals surface area contributed by atoms with Crippen LogP contribution in [0.5, 0.6) is 0 Å². The minimum absolute atomic E-state index is 0.0305. The summed E-state index contributed by atoms with van der Waals surface area (Å²) in [6.45, 7) is 1.95. The van der Waals surface area contributed by atoms with Crippen LogP contribution in [0.1, 0.15) is 30.5 Å². The van der Waals surface area contributed by atoms with Crippen molar-refractivity contribution >= 4 is 11.6 Å². The number of aryl methyl sites for hydroxylation is 1. The van der Waals surface area contributed by atoms with E-state index in [2.05, 4.69) is 10.3 Å². The molecule has 0 aliphatic rings. The van der Waals surface area contributed by atoms with Gasteiger partial charge in [-0.15, -0.1) is 0 Å². The lowest BCUT2D eigenvalue weighted by Crippen LogP contribution is -2.26. The molecule has 0 unspecified atom stereocenters. The second kappa shape index (κ2) is 6.70. The minimum atomic E-state index is -0.0305. The van der Waals surface area contributed by atoms with Gasteiger partial charge in [-0.1, -0.05) is 18.2 Å². The molecule has 20 heavy (non-hydrogen) atoms. The molecule has 0 bridgehead atoms. The zero-order valence-corrected chi connectivity index (χ0v) is 11.5. The molecule has 2 aromatic rings. The number of hydrogen-bond donors (Lipinski definition) is 2. The fraction of sp³-hybridized carbons (Fsp3) is 0.250. The number of pyridine rings is 1. The molecule has 4 heteroatoms. The Balaban J connectivity index is 1.84. The van der Waals surface area contributed by atoms with Gasteiger partial charge in [0, 0.05) is 24.5 Å². The van der Waals surface area contributed by atoms with E-state index in [9.17, 15) is 4.79 Å². The van der Waals surface area contributed by atoms with E-state index in [-0.39, 0.29) is 11.9 Å². The van der Waals surface area contributed by atoms with Crippen molar-refractivity contribution in [3.05, 3.63) is 59.9 Å². The van der Waals surface area contributed by atoms with E-state index in [1.807, 2.05) is 43.3 Å². The van der Waals surface area contributed by atoms with E-state index in [0.29, 0.717) is 12.8 Å². The summed E-state index contributed by atoms with van der Waals surface area (Å²) >= 11 is 0. The van der Waals surface area contributed by atoms with E-state index in [0.717, 1.165) is 16.8 Å². The Morgan fingerprint density at radius 1 is 1.35 bits per heavy atom. The number of nitrogens with one attached hydrogen (secondary N) is 1. The fourth-order valence-corrected chi connectivity index (χ4v) is 2.04. The quantitative estimate of drug-likeness (QED) is 0.819. The van der Waals surface area contributed by atoms with Crippen LogP contribution in [-0.2, 0) is 11.2 Å². The van der Waals surface area contributed by atoms with Crippen molar-refractivity contribution < 1.29 is 4.79 Å². The number of hydrogen-bond acceptors (Lipinski definition) is 3. The van der Waals surface area contributed by atoms with Crippen LogP contribution in [0.25, 0.3) is 0 Å². The van der Waals surface area contributed by atoms with E-state index in [1.54, 1.807) is 12.4 Å². The molecular weight excluding hydrogens is 250 g/mol. The Hall–Kier alpha value is -2.36. The third kappa shape index (κ3) is 4.09. The highest BCUT2D eigenvalue weighted by Gasteiger charge is 2.09. The molecule has 104 valence electrons. The van der Waals surface area contributed by atoms with Crippen molar-refractivity contribution in [2.24, 2.45) is 0 Å². The summed E-state index contributed by atoms with van der Waals surface area (Å²) in [5, 5.41) is 2.97. The monoisotopic (exact) mass is 269 g/mol. The molecule has 1 aromatic heterocycles. The minimum Gasteiger partial charge on any atom is -0.399 e. The van der Waals surface area contributed by atoms with E-state index in [1.165, 1.54) is 0 Å². The van der Waals surface area contributed by atoms with Crippen LogP contribution >= 0.6 is 0 Å². The number of rotatable bonds is 5. The predicted octanol–water partition coefficient (Wildman–Crippen LogP) is 2.47. The summed E-state index contributed by atoms with van der Waals surface area (Å²) in [4.78, 5) is 16.0. The molecular formula is C16H19N3O. The van der Waals surface area contributed by atoms with Crippen LogP contribution < -0.4 is 11.1 Å². The van der Waals surface area contributed by atoms with Gasteiger partial charge in [0.25, 0.3) is 0 Å². The van der Waals surface area contributed by atoms with E-state index < -0.39 is 0 Å². The Morgan fingerprint density at radius 3 is 2.90 bits per heavy atom. The predicted molar refractivity (Wildman–Crippen MR) is 80.0 cm³/mol. The Kier molecular flexibility index (Phi) is 4.71. The topological polar surface area (TPSA) is 68.0 Å². The maximum Gasteiger partial charge on any atom is 0.220 e. The van der Waals surface area contributed by atoms with Gasteiger partial charge in [0.15, 0.2) is 0 Å². The number of nitrogen functional groups attached to an aromatic ring is 1. The Bertz CT molecular complexity index is 569. The fourth-order valence-electron chi connectivity index (χ4n) is 2.04. The molecule has 0 radical (unpaired) electrons. The highest BCUT2D eigenvalue weighted by molar-refractivity contribution is 5.76. The van der Waals surface area contributed by atoms with Crippen LogP contribution in [0.2, 0.25) is 0 Å². The molecule has 0 aliphatic heterocycles. The standard InChI is InChI=1S/C16H19N3O/c1-12(14-5-3-9-18-11-14)19-16(20)8-7-13-4-2-6-15(17)10-13/h2-6,9-12H,7-8,17H2,1H3,(H,19,20)/t12-/m1/s1. The molecule has 3 N–H and O–H groups in total. The van der Waals surface area contributed by atoms with Gasteiger partial charge in [0.05, 0.1) is 6.04 Å². The van der Waals surface area contributed by atoms with Crippen molar-refractivity contribution in [3.63, 3.8) is 0 Å². The largest absolute Gasteiger partial charge is 0.399 e. The molecule has 1 aromatic carbocycles. The average Bonchev–Trinajstić information content (AvgIpc) is 2.46. The van der Waals surface area contributed by atoms with Crippen molar-refractivity contribution in [1.82, 2.24) is 10.3 Å². The normalized spacial score (nSPS) is 11.8. The summed E-state index contributed by atoms with van der Waals surface area (Å²) in [6, 6.07) is 11.4. The lowest BCUT2D eigenvalue weighted by atomic mass is 10.1. The van der Waals surface area contributed by atoms with Gasteiger partial charge in [0.1, 0.15) is 0 Å². The van der Waals surface area contributed by atoms with Gasteiger partial charge in [-0.3, -0.25) is 9.78 Å². The van der Waals surface area contributed by atoms with Crippen molar-refractivity contribution in [2.75, 3.05) is 5.73 Å². The molecule has 1 atom stereocenters. The van der Waals surface area contributed by atoms with Gasteiger partial charge in [-0.2, -0.15) is 0 Å². The molecule has 0 fully saturated rings. The number of amides is 1. The SMILES string of the molecule is C[C@@H](NC(=O)CCc1cccc(N)c1)c1cccnc1. The van der Waals surface area contributed by atoms with Gasteiger partial charge < -0.3 is 11.1 Å². The van der Waals surface area contributed by atoms with Crippen LogP contribution in [0, 0.1) is 0 Å². The number of nitrogens with zero attached hydrogens (tertiary/aromatic N) is 1. The first-order valence-electron chi connectivity index (χ1n) is 6.69. The second-order valence-corrected chi connectivity index (χ2v) is 4.82. The van der Waals surface area contributed by atoms with Gasteiger partial charge >= 0.3 is 0 Å². The maximum absolute atomic E-state index is 11.9. The smallest absolute Gasteiger partial charge is 0.220 e. The van der Waals surface area contributed by atoms with Crippen LogP contribution in [0.4, 0.5) is 5.69 Å². The number of aromatic nitrogens is 1. The molecule has 0 saturated heterocycles. The molecule has 2 rings (SSSR count). The summed E-state index contributed by atoms with van der Waals surface area (Å²) < 4.78 is 0. The number of carbonyl (C=O) groups is 1. The molecule has 1 heterocycles. The van der Waals surface area contributed by atoms with Crippen LogP contribution in [0.3, 0.4) is 0 Å². The van der Waals surface area contributed by atoms with Crippen molar-refractivity contribution in [1.29, 1.82) is 0 Å². The van der Waals surface area contributed by atoms with E-state index in [4.69, 9.17) is 5.73 Å². The lowest BCUT2D eigenvalue weighted by Gasteiger charge is -2.13. The first-order chi connectivity index (χ1) is 9.65. The summed E-state index contributed by atoms with van der Waals surface area (Å²) in [5.74, 6) is 0.0313. The Labute approximate surface area is 119 Å². The zero-order valence-electron chi connectivity index (χ0n) is 11.5. The van der Waals surface area contributed by atoms with Crippen molar-refractivity contribution in [2.45, 2.75) is 25.8 Å². The number of carbonyl (C=O) groups excluding carboxylic acids is 1. The van der Waals surface area contributed by atoms with Gasteiger partial charge in [-0.05, 0) is 42.7 Å². The third-order valence-corrected chi connectivity index (χ3v) is 3.15. The zero-order chi connectivity index (χ0) is 14.4. The molecule has 4 nitrogen and oxygen atoms in total.